The van der Waals surface area contributed by atoms with Gasteiger partial charge in [-0.3, -0.25) is 19.3 Å². The van der Waals surface area contributed by atoms with Crippen molar-refractivity contribution in [3.63, 3.8) is 0 Å². The van der Waals surface area contributed by atoms with Crippen molar-refractivity contribution in [1.82, 2.24) is 4.90 Å². The van der Waals surface area contributed by atoms with Crippen LogP contribution >= 0.6 is 0 Å². The molecule has 0 spiro atoms. The molecule has 0 aliphatic heterocycles. The number of fused-ring (bicyclic) bond motifs is 3. The molecule has 13 nitrogen and oxygen atoms in total. The highest BCUT2D eigenvalue weighted by molar-refractivity contribution is 6.24. The number of phenols is 1. The molecule has 48 heavy (non-hydrogen) atoms. The highest BCUT2D eigenvalue weighted by Gasteiger charge is 2.64. The smallest absolute Gasteiger partial charge is 0.416 e. The van der Waals surface area contributed by atoms with E-state index < -0.39 is 75.5 Å². The average Bonchev–Trinajstić information content (AvgIpc) is 2.98. The molecule has 1 saturated carbocycles. The number of nitrogens with zero attached hydrogens (tertiary/aromatic N) is 3. The van der Waals surface area contributed by atoms with Crippen molar-refractivity contribution in [2.24, 2.45) is 28.3 Å². The third-order valence-electron chi connectivity index (χ3n) is 9.11. The number of ketones is 2. The molecule has 0 bridgehead atoms. The molecule has 5 rings (SSSR count). The van der Waals surface area contributed by atoms with Gasteiger partial charge in [-0.05, 0) is 68.8 Å². The Hall–Kier alpha value is -5.09. The number of benzene rings is 2. The summed E-state index contributed by atoms with van der Waals surface area (Å²) in [4.78, 5) is 47.0. The first-order valence-corrected chi connectivity index (χ1v) is 14.8. The van der Waals surface area contributed by atoms with E-state index in [4.69, 9.17) is 11.5 Å². The zero-order valence-electron chi connectivity index (χ0n) is 26.4. The summed E-state index contributed by atoms with van der Waals surface area (Å²) in [6.45, 7) is -0.138. The van der Waals surface area contributed by atoms with Crippen molar-refractivity contribution in [1.29, 1.82) is 0 Å². The van der Waals surface area contributed by atoms with E-state index in [-0.39, 0.29) is 42.0 Å². The highest BCUT2D eigenvalue weighted by Crippen LogP contribution is 2.55. The number of aliphatic hydroxyl groups is 3. The molecule has 0 heterocycles. The maximum atomic E-state index is 14.1. The van der Waals surface area contributed by atoms with Gasteiger partial charge in [-0.2, -0.15) is 13.2 Å². The number of nitrogens with two attached hydrogens (primary N) is 2. The van der Waals surface area contributed by atoms with E-state index in [0.717, 1.165) is 12.1 Å². The summed E-state index contributed by atoms with van der Waals surface area (Å²) in [5, 5.41) is 48.7. The normalized spacial score (nSPS) is 24.4. The number of nitrogens with one attached hydrogen (secondary N) is 1. The van der Waals surface area contributed by atoms with Gasteiger partial charge in [0.05, 0.1) is 23.7 Å². The fourth-order valence-electron chi connectivity index (χ4n) is 6.93. The lowest BCUT2D eigenvalue weighted by atomic mass is 9.57. The van der Waals surface area contributed by atoms with Gasteiger partial charge in [-0.15, -0.1) is 0 Å². The van der Waals surface area contributed by atoms with Gasteiger partial charge in [0.2, 0.25) is 5.78 Å². The van der Waals surface area contributed by atoms with Crippen LogP contribution in [0.5, 0.6) is 5.75 Å². The molecule has 2 aromatic rings. The summed E-state index contributed by atoms with van der Waals surface area (Å²) in [5.74, 6) is -7.83. The predicted octanol–water partition coefficient (Wildman–Crippen LogP) is 2.15. The quantitative estimate of drug-likeness (QED) is 0.129. The fourth-order valence-corrected chi connectivity index (χ4v) is 6.93. The van der Waals surface area contributed by atoms with Gasteiger partial charge in [0, 0.05) is 37.0 Å². The molecular formula is C32H35F3N6O7. The third kappa shape index (κ3) is 5.39. The minimum atomic E-state index is -4.50. The maximum absolute atomic E-state index is 14.1. The summed E-state index contributed by atoms with van der Waals surface area (Å²) in [7, 11) is 6.43. The van der Waals surface area contributed by atoms with Crippen LogP contribution in [0, 0.1) is 11.8 Å². The Morgan fingerprint density at radius 1 is 1.08 bits per heavy atom. The number of hydrogen-bond acceptors (Lipinski definition) is 11. The Bertz CT molecular complexity index is 1820. The predicted molar refractivity (Wildman–Crippen MR) is 170 cm³/mol. The molecule has 4 atom stereocenters. The van der Waals surface area contributed by atoms with Crippen LogP contribution in [0.3, 0.4) is 0 Å². The number of hydrogen-bond donors (Lipinski definition) is 7. The molecular weight excluding hydrogens is 637 g/mol. The number of amides is 1. The minimum absolute atomic E-state index is 0.0676. The Morgan fingerprint density at radius 2 is 1.71 bits per heavy atom. The number of Topliss-reactive ketones (excluding diaryl/α,β-unsaturated/α-hetero) is 2. The highest BCUT2D eigenvalue weighted by atomic mass is 19.4. The van der Waals surface area contributed by atoms with Gasteiger partial charge in [-0.1, -0.05) is 0 Å². The van der Waals surface area contributed by atoms with Gasteiger partial charge in [0.15, 0.2) is 17.1 Å². The molecule has 0 saturated heterocycles. The second-order valence-electron chi connectivity index (χ2n) is 12.5. The summed E-state index contributed by atoms with van der Waals surface area (Å²) in [6, 6.07) is 4.55. The lowest BCUT2D eigenvalue weighted by molar-refractivity contribution is -0.153. The number of carbonyl (C=O) groups is 3. The Labute approximate surface area is 272 Å². The van der Waals surface area contributed by atoms with Crippen molar-refractivity contribution < 1.29 is 48.0 Å². The van der Waals surface area contributed by atoms with Gasteiger partial charge in [0.25, 0.3) is 5.91 Å². The molecule has 0 radical (unpaired) electrons. The Morgan fingerprint density at radius 3 is 2.25 bits per heavy atom. The van der Waals surface area contributed by atoms with E-state index in [2.05, 4.69) is 10.3 Å². The Kier molecular flexibility index (Phi) is 8.46. The number of primary amides is 1. The first-order chi connectivity index (χ1) is 22.3. The lowest BCUT2D eigenvalue weighted by Crippen LogP contribution is -2.65. The second-order valence-corrected chi connectivity index (χ2v) is 12.5. The van der Waals surface area contributed by atoms with Crippen LogP contribution in [0.15, 0.2) is 52.2 Å². The van der Waals surface area contributed by atoms with Crippen LogP contribution in [0.1, 0.15) is 23.1 Å². The number of rotatable bonds is 7. The number of anilines is 2. The molecule has 2 aromatic carbocycles. The molecule has 256 valence electrons. The van der Waals surface area contributed by atoms with Gasteiger partial charge in [-0.25, -0.2) is 4.99 Å². The number of likely N-dealkylation sites (N-methyl/N-ethyl adjacent to an activating group) is 1. The van der Waals surface area contributed by atoms with Crippen LogP contribution in [0.4, 0.5) is 30.2 Å². The SMILES string of the molecule is CN(C)c1cc(N=C(N)CNc2ccc(C(F)(F)F)cc2)c(O)c2c1CC1CC3[C@H](N(C)C)C(=O)C(C(N)=O)=C(O)[C@@]3(O)C(=O)C1=C2O. The van der Waals surface area contributed by atoms with E-state index in [1.807, 2.05) is 0 Å². The number of phenolic OH excluding ortho intramolecular Hbond substituents is 1. The molecule has 16 heteroatoms. The second kappa shape index (κ2) is 11.9. The average molecular weight is 673 g/mol. The van der Waals surface area contributed by atoms with E-state index in [1.54, 1.807) is 19.0 Å². The summed E-state index contributed by atoms with van der Waals surface area (Å²) in [6.07, 6.45) is -4.49. The molecule has 1 fully saturated rings. The zero-order chi connectivity index (χ0) is 35.6. The molecule has 9 N–H and O–H groups in total. The minimum Gasteiger partial charge on any atom is -0.508 e. The van der Waals surface area contributed by atoms with E-state index in [1.165, 1.54) is 37.2 Å². The summed E-state index contributed by atoms with van der Waals surface area (Å²) < 4.78 is 38.7. The van der Waals surface area contributed by atoms with Crippen molar-refractivity contribution >= 4 is 46.1 Å². The number of carbonyl (C=O) groups excluding carboxylic acids is 3. The van der Waals surface area contributed by atoms with Crippen LogP contribution in [-0.2, 0) is 27.0 Å². The first kappa shape index (κ1) is 34.3. The Balaban J connectivity index is 1.57. The number of alkyl halides is 3. The molecule has 3 aliphatic rings. The third-order valence-corrected chi connectivity index (χ3v) is 9.11. The van der Waals surface area contributed by atoms with E-state index in [9.17, 15) is 48.0 Å². The van der Waals surface area contributed by atoms with E-state index >= 15 is 0 Å². The monoisotopic (exact) mass is 672 g/mol. The summed E-state index contributed by atoms with van der Waals surface area (Å²) >= 11 is 0. The van der Waals surface area contributed by atoms with Gasteiger partial charge in [0.1, 0.15) is 28.6 Å². The number of aliphatic imine (C=N–C) groups is 1. The van der Waals surface area contributed by atoms with Gasteiger partial charge >= 0.3 is 6.18 Å². The molecule has 3 aliphatic carbocycles. The summed E-state index contributed by atoms with van der Waals surface area (Å²) in [5.41, 5.74) is 7.60. The van der Waals surface area contributed by atoms with Crippen LogP contribution in [-0.4, -0.2) is 95.0 Å². The van der Waals surface area contributed by atoms with Crippen molar-refractivity contribution in [3.05, 3.63) is 63.9 Å². The lowest BCUT2D eigenvalue weighted by Gasteiger charge is -2.50. The van der Waals surface area contributed by atoms with Crippen molar-refractivity contribution in [3.8, 4) is 5.75 Å². The molecule has 2 unspecified atom stereocenters. The first-order valence-electron chi connectivity index (χ1n) is 14.8. The number of amidine groups is 1. The zero-order valence-corrected chi connectivity index (χ0v) is 26.4. The van der Waals surface area contributed by atoms with Crippen LogP contribution in [0.2, 0.25) is 0 Å². The number of aromatic hydroxyl groups is 1. The molecule has 1 amide bonds. The standard InChI is InChI=1S/C32H35F3N6O7/c1-40(2)19-11-18(39-20(36)12-38-15-7-5-14(6-8-15)32(33,34)35)25(42)22-16(19)9-13-10-17-24(41(3)4)27(44)23(30(37)47)29(46)31(17,48)28(45)21(13)26(22)43/h5-8,11,13,17,24,38,42-43,46,48H,9-10,12H2,1-4H3,(H2,36,39)(H2,37,47)/t13?,17?,24-,31-/m0/s1. The topological polar surface area (TPSA) is 215 Å². The maximum Gasteiger partial charge on any atom is 0.416 e. The van der Waals surface area contributed by atoms with Crippen molar-refractivity contribution in [2.75, 3.05) is 45.0 Å². The number of aliphatic hydroxyl groups excluding tert-OH is 2. The van der Waals surface area contributed by atoms with Crippen LogP contribution in [0.25, 0.3) is 5.76 Å². The van der Waals surface area contributed by atoms with Gasteiger partial charge < -0.3 is 42.1 Å². The largest absolute Gasteiger partial charge is 0.508 e. The fraction of sp³-hybridized carbons (Fsp3) is 0.375. The number of halogens is 3. The molecule has 0 aromatic heterocycles. The van der Waals surface area contributed by atoms with Crippen molar-refractivity contribution in [2.45, 2.75) is 30.7 Å². The van der Waals surface area contributed by atoms with Crippen LogP contribution < -0.4 is 21.7 Å². The van der Waals surface area contributed by atoms with E-state index in [0.29, 0.717) is 16.9 Å².